The first-order valence-corrected chi connectivity index (χ1v) is 8.57. The van der Waals surface area contributed by atoms with Gasteiger partial charge in [-0.1, -0.05) is 5.16 Å². The second kappa shape index (κ2) is 8.32. The van der Waals surface area contributed by atoms with Gasteiger partial charge in [-0.15, -0.1) is 11.3 Å². The van der Waals surface area contributed by atoms with Crippen molar-refractivity contribution in [1.82, 2.24) is 20.8 Å². The molecule has 2 aromatic rings. The molecule has 0 atom stereocenters. The number of aryl methyl sites for hydroxylation is 2. The molecule has 2 N–H and O–H groups in total. The first kappa shape index (κ1) is 19.2. The quantitative estimate of drug-likeness (QED) is 0.461. The highest BCUT2D eigenvalue weighted by molar-refractivity contribution is 7.09. The number of thiazole rings is 1. The van der Waals surface area contributed by atoms with Crippen molar-refractivity contribution in [2.45, 2.75) is 39.4 Å². The molecule has 0 aliphatic heterocycles. The third-order valence-electron chi connectivity index (χ3n) is 3.55. The van der Waals surface area contributed by atoms with Crippen molar-refractivity contribution in [2.24, 2.45) is 4.99 Å². The Morgan fingerprint density at radius 3 is 2.64 bits per heavy atom. The Balaban J connectivity index is 1.75. The van der Waals surface area contributed by atoms with Crippen LogP contribution in [0.1, 0.15) is 34.1 Å². The lowest BCUT2D eigenvalue weighted by Gasteiger charge is -2.10. The summed E-state index contributed by atoms with van der Waals surface area (Å²) in [7, 11) is 1.60. The fourth-order valence-electron chi connectivity index (χ4n) is 2.23. The Morgan fingerprint density at radius 2 is 2.08 bits per heavy atom. The van der Waals surface area contributed by atoms with Crippen LogP contribution in [-0.4, -0.2) is 29.7 Å². The third-order valence-corrected chi connectivity index (χ3v) is 4.40. The van der Waals surface area contributed by atoms with E-state index in [9.17, 15) is 13.2 Å². The Hall–Kier alpha value is -2.10. The maximum absolute atomic E-state index is 12.5. The lowest BCUT2D eigenvalue weighted by Crippen LogP contribution is -2.37. The summed E-state index contributed by atoms with van der Waals surface area (Å²) in [6, 6.07) is 0. The Labute approximate surface area is 147 Å². The molecular formula is C15H20F3N5OS. The number of hydrogen-bond donors (Lipinski definition) is 2. The molecule has 2 rings (SSSR count). The van der Waals surface area contributed by atoms with Crippen LogP contribution in [0.25, 0.3) is 0 Å². The monoisotopic (exact) mass is 375 g/mol. The van der Waals surface area contributed by atoms with Crippen LogP contribution in [0.15, 0.2) is 14.9 Å². The van der Waals surface area contributed by atoms with Gasteiger partial charge in [-0.3, -0.25) is 4.99 Å². The van der Waals surface area contributed by atoms with E-state index in [4.69, 9.17) is 4.52 Å². The lowest BCUT2D eigenvalue weighted by molar-refractivity contribution is -0.140. The summed E-state index contributed by atoms with van der Waals surface area (Å²) >= 11 is 0.965. The van der Waals surface area contributed by atoms with Gasteiger partial charge in [0.25, 0.3) is 0 Å². The number of nitrogens with one attached hydrogen (secondary N) is 2. The molecule has 6 nitrogen and oxygen atoms in total. The summed E-state index contributed by atoms with van der Waals surface area (Å²) in [5.41, 5.74) is 1.13. The van der Waals surface area contributed by atoms with Crippen molar-refractivity contribution < 1.29 is 17.7 Å². The van der Waals surface area contributed by atoms with E-state index in [2.05, 4.69) is 25.8 Å². The van der Waals surface area contributed by atoms with Crippen molar-refractivity contribution >= 4 is 17.3 Å². The number of nitrogens with zero attached hydrogens (tertiary/aromatic N) is 3. The van der Waals surface area contributed by atoms with Gasteiger partial charge in [-0.2, -0.15) is 13.2 Å². The van der Waals surface area contributed by atoms with Crippen LogP contribution in [0.4, 0.5) is 13.2 Å². The average molecular weight is 375 g/mol. The topological polar surface area (TPSA) is 75.3 Å². The number of aliphatic imine (C=N–C) groups is 1. The smallest absolute Gasteiger partial charge is 0.361 e. The van der Waals surface area contributed by atoms with Crippen LogP contribution < -0.4 is 10.6 Å². The van der Waals surface area contributed by atoms with E-state index in [1.165, 1.54) is 0 Å². The molecule has 0 aliphatic rings. The number of hydrogen-bond acceptors (Lipinski definition) is 5. The Morgan fingerprint density at radius 1 is 1.32 bits per heavy atom. The van der Waals surface area contributed by atoms with Gasteiger partial charge in [-0.25, -0.2) is 4.98 Å². The SMILES string of the molecule is CN=C(NCCCc1c(C)noc1C)NCc1nc(C(F)(F)F)cs1. The summed E-state index contributed by atoms with van der Waals surface area (Å²) in [4.78, 5) is 7.61. The van der Waals surface area contributed by atoms with E-state index in [0.29, 0.717) is 17.5 Å². The normalized spacial score (nSPS) is 12.5. The third kappa shape index (κ3) is 5.45. The van der Waals surface area contributed by atoms with Crippen molar-refractivity contribution in [2.75, 3.05) is 13.6 Å². The second-order valence-corrected chi connectivity index (χ2v) is 6.33. The largest absolute Gasteiger partial charge is 0.434 e. The van der Waals surface area contributed by atoms with Crippen molar-refractivity contribution in [1.29, 1.82) is 0 Å². The maximum Gasteiger partial charge on any atom is 0.434 e. The van der Waals surface area contributed by atoms with Crippen molar-refractivity contribution in [3.05, 3.63) is 33.1 Å². The lowest BCUT2D eigenvalue weighted by atomic mass is 10.1. The van der Waals surface area contributed by atoms with Gasteiger partial charge in [0.15, 0.2) is 11.7 Å². The molecule has 0 spiro atoms. The van der Waals surface area contributed by atoms with Gasteiger partial charge in [0.1, 0.15) is 10.8 Å². The molecule has 0 fully saturated rings. The predicted octanol–water partition coefficient (Wildman–Crippen LogP) is 3.06. The second-order valence-electron chi connectivity index (χ2n) is 5.38. The zero-order valence-corrected chi connectivity index (χ0v) is 15.0. The Bertz CT molecular complexity index is 704. The molecule has 2 aromatic heterocycles. The number of alkyl halides is 3. The number of rotatable bonds is 6. The molecular weight excluding hydrogens is 355 g/mol. The molecule has 0 aromatic carbocycles. The summed E-state index contributed by atoms with van der Waals surface area (Å²) in [5, 5.41) is 11.4. The molecule has 0 radical (unpaired) electrons. The highest BCUT2D eigenvalue weighted by atomic mass is 32.1. The molecule has 25 heavy (non-hydrogen) atoms. The number of guanidine groups is 1. The zero-order valence-electron chi connectivity index (χ0n) is 14.2. The van der Waals surface area contributed by atoms with Gasteiger partial charge in [-0.05, 0) is 26.7 Å². The minimum atomic E-state index is -4.41. The van der Waals surface area contributed by atoms with Crippen LogP contribution in [0.2, 0.25) is 0 Å². The average Bonchev–Trinajstić information content (AvgIpc) is 3.15. The summed E-state index contributed by atoms with van der Waals surface area (Å²) in [5.74, 6) is 1.34. The highest BCUT2D eigenvalue weighted by Crippen LogP contribution is 2.29. The molecule has 138 valence electrons. The van der Waals surface area contributed by atoms with E-state index < -0.39 is 11.9 Å². The minimum absolute atomic E-state index is 0.185. The molecule has 0 amide bonds. The first-order valence-electron chi connectivity index (χ1n) is 7.69. The van der Waals surface area contributed by atoms with Gasteiger partial charge < -0.3 is 15.2 Å². The fourth-order valence-corrected chi connectivity index (χ4v) is 2.97. The van der Waals surface area contributed by atoms with Crippen molar-refractivity contribution in [3.8, 4) is 0 Å². The molecule has 0 saturated carbocycles. The van der Waals surface area contributed by atoms with E-state index in [1.54, 1.807) is 7.05 Å². The predicted molar refractivity (Wildman–Crippen MR) is 89.6 cm³/mol. The van der Waals surface area contributed by atoms with Crippen LogP contribution in [0.5, 0.6) is 0 Å². The molecule has 0 unspecified atom stereocenters. The van der Waals surface area contributed by atoms with Gasteiger partial charge in [0, 0.05) is 24.5 Å². The van der Waals surface area contributed by atoms with Crippen LogP contribution >= 0.6 is 11.3 Å². The van der Waals surface area contributed by atoms with E-state index in [0.717, 1.165) is 46.6 Å². The van der Waals surface area contributed by atoms with E-state index in [-0.39, 0.29) is 6.54 Å². The van der Waals surface area contributed by atoms with Crippen molar-refractivity contribution in [3.63, 3.8) is 0 Å². The summed E-state index contributed by atoms with van der Waals surface area (Å²) in [6.45, 7) is 4.63. The fraction of sp³-hybridized carbons (Fsp3) is 0.533. The summed E-state index contributed by atoms with van der Waals surface area (Å²) in [6.07, 6.45) is -2.74. The maximum atomic E-state index is 12.5. The first-order chi connectivity index (χ1) is 11.8. The molecule has 0 aliphatic carbocycles. The number of halogens is 3. The zero-order chi connectivity index (χ0) is 18.4. The van der Waals surface area contributed by atoms with Crippen LogP contribution in [0, 0.1) is 13.8 Å². The van der Waals surface area contributed by atoms with Crippen LogP contribution in [-0.2, 0) is 19.1 Å². The number of aromatic nitrogens is 2. The highest BCUT2D eigenvalue weighted by Gasteiger charge is 2.33. The molecule has 2 heterocycles. The molecule has 0 bridgehead atoms. The van der Waals surface area contributed by atoms with Gasteiger partial charge in [0.2, 0.25) is 0 Å². The Kier molecular flexibility index (Phi) is 6.40. The van der Waals surface area contributed by atoms with E-state index >= 15 is 0 Å². The standard InChI is InChI=1S/C15H20F3N5OS/c1-9-11(10(2)24-23-9)5-4-6-20-14(19-3)21-7-13-22-12(8-25-13)15(16,17)18/h8H,4-7H2,1-3H3,(H2,19,20,21). The summed E-state index contributed by atoms with van der Waals surface area (Å²) < 4.78 is 42.7. The van der Waals surface area contributed by atoms with E-state index in [1.807, 2.05) is 13.8 Å². The van der Waals surface area contributed by atoms with Crippen LogP contribution in [0.3, 0.4) is 0 Å². The molecule has 0 saturated heterocycles. The van der Waals surface area contributed by atoms with Gasteiger partial charge in [0.05, 0.1) is 12.2 Å². The molecule has 10 heteroatoms. The van der Waals surface area contributed by atoms with Gasteiger partial charge >= 0.3 is 6.18 Å². The minimum Gasteiger partial charge on any atom is -0.361 e.